The van der Waals surface area contributed by atoms with E-state index in [-0.39, 0.29) is 11.8 Å². The molecule has 152 valence electrons. The fourth-order valence-corrected chi connectivity index (χ4v) is 5.21. The molecule has 28 heavy (non-hydrogen) atoms. The van der Waals surface area contributed by atoms with E-state index in [1.165, 1.54) is 69.8 Å². The molecular weight excluding hydrogens is 348 g/mol. The molecule has 2 heterocycles. The second-order valence-electron chi connectivity index (χ2n) is 8.83. The van der Waals surface area contributed by atoms with Crippen LogP contribution in [0, 0.1) is 5.92 Å². The molecule has 2 aliphatic carbocycles. The van der Waals surface area contributed by atoms with E-state index in [2.05, 4.69) is 16.1 Å². The maximum absolute atomic E-state index is 12.9. The highest BCUT2D eigenvalue weighted by atomic mass is 16.3. The van der Waals surface area contributed by atoms with Crippen LogP contribution in [-0.4, -0.2) is 21.7 Å². The molecule has 1 fully saturated rings. The Labute approximate surface area is 168 Å². The minimum atomic E-state index is -0.155. The summed E-state index contributed by atoms with van der Waals surface area (Å²) in [4.78, 5) is 20.6. The van der Waals surface area contributed by atoms with Gasteiger partial charge in [-0.05, 0) is 44.1 Å². The number of amides is 1. The van der Waals surface area contributed by atoms with Crippen molar-refractivity contribution in [1.29, 1.82) is 0 Å². The number of carbonyl (C=O) groups is 1. The summed E-state index contributed by atoms with van der Waals surface area (Å²) in [6.45, 7) is 0. The highest BCUT2D eigenvalue weighted by Gasteiger charge is 2.36. The number of aliphatic imine (C=N–C) groups is 1. The van der Waals surface area contributed by atoms with E-state index in [0.29, 0.717) is 17.0 Å². The molecule has 4 heteroatoms. The average Bonchev–Trinajstić information content (AvgIpc) is 3.27. The predicted molar refractivity (Wildman–Crippen MR) is 114 cm³/mol. The Bertz CT molecular complexity index is 762. The van der Waals surface area contributed by atoms with Crippen molar-refractivity contribution in [3.8, 4) is 5.88 Å². The number of hydrogen-bond donors (Lipinski definition) is 2. The first-order chi connectivity index (χ1) is 13.8. The van der Waals surface area contributed by atoms with Crippen molar-refractivity contribution in [3.63, 3.8) is 0 Å². The van der Waals surface area contributed by atoms with Crippen LogP contribution in [0.2, 0.25) is 0 Å². The molecule has 0 saturated heterocycles. The Morgan fingerprint density at radius 3 is 2.25 bits per heavy atom. The minimum Gasteiger partial charge on any atom is -0.494 e. The molecular formula is C24H34N2O2. The van der Waals surface area contributed by atoms with Crippen molar-refractivity contribution in [2.24, 2.45) is 10.9 Å². The molecule has 1 saturated carbocycles. The Morgan fingerprint density at radius 2 is 1.50 bits per heavy atom. The normalized spacial score (nSPS) is 24.6. The van der Waals surface area contributed by atoms with E-state index in [9.17, 15) is 9.90 Å². The number of aromatic nitrogens is 1. The fourth-order valence-electron chi connectivity index (χ4n) is 5.21. The molecule has 3 aliphatic rings. The fraction of sp³-hybridized carbons (Fsp3) is 0.667. The number of H-pyrrole nitrogens is 1. The van der Waals surface area contributed by atoms with E-state index in [4.69, 9.17) is 0 Å². The van der Waals surface area contributed by atoms with Gasteiger partial charge in [0.2, 0.25) is 0 Å². The molecule has 4 nitrogen and oxygen atoms in total. The number of carbonyl (C=O) groups excluding carboxylic acids is 1. The number of nitrogens with zero attached hydrogens (tertiary/aromatic N) is 1. The molecule has 2 N–H and O–H groups in total. The Balaban J connectivity index is 1.64. The monoisotopic (exact) mass is 382 g/mol. The SMILES string of the molecule is O=C1N=C(C2CCCCCCCC2)c2c(O)[nH]c(/C3=C/CCCCCCC3)c21. The van der Waals surface area contributed by atoms with Gasteiger partial charge in [0.25, 0.3) is 5.91 Å². The number of aromatic hydroxyl groups is 1. The minimum absolute atomic E-state index is 0.148. The van der Waals surface area contributed by atoms with Crippen LogP contribution in [0.25, 0.3) is 5.57 Å². The van der Waals surface area contributed by atoms with Gasteiger partial charge in [0, 0.05) is 5.92 Å². The third-order valence-corrected chi connectivity index (χ3v) is 6.78. The quantitative estimate of drug-likeness (QED) is 0.610. The van der Waals surface area contributed by atoms with Gasteiger partial charge < -0.3 is 10.1 Å². The second-order valence-corrected chi connectivity index (χ2v) is 8.83. The molecule has 4 rings (SSSR count). The number of nitrogens with one attached hydrogen (secondary N) is 1. The summed E-state index contributed by atoms with van der Waals surface area (Å²) in [7, 11) is 0. The van der Waals surface area contributed by atoms with Crippen LogP contribution in [0.5, 0.6) is 5.88 Å². The topological polar surface area (TPSA) is 65.4 Å². The van der Waals surface area contributed by atoms with Crippen LogP contribution in [0.4, 0.5) is 0 Å². The molecule has 1 aliphatic heterocycles. The number of fused-ring (bicyclic) bond motifs is 1. The molecule has 0 atom stereocenters. The maximum Gasteiger partial charge on any atom is 0.280 e. The standard InChI is InChI=1S/C24H34N2O2/c27-23-19-20(22(26-23)18-15-11-7-3-4-8-12-16-18)24(28)25-21(19)17-13-9-5-1-2-6-10-14-17/h13,18,25,28H,1-12,14-16H2/b17-13+. The smallest absolute Gasteiger partial charge is 0.280 e. The van der Waals surface area contributed by atoms with Gasteiger partial charge >= 0.3 is 0 Å². The van der Waals surface area contributed by atoms with Gasteiger partial charge in [-0.15, -0.1) is 0 Å². The highest BCUT2D eigenvalue weighted by molar-refractivity contribution is 6.24. The van der Waals surface area contributed by atoms with E-state index < -0.39 is 0 Å². The summed E-state index contributed by atoms with van der Waals surface area (Å²) in [5.41, 5.74) is 4.23. The molecule has 0 radical (unpaired) electrons. The lowest BCUT2D eigenvalue weighted by molar-refractivity contribution is 0.101. The van der Waals surface area contributed by atoms with Gasteiger partial charge in [-0.1, -0.05) is 63.9 Å². The van der Waals surface area contributed by atoms with Gasteiger partial charge in [-0.3, -0.25) is 4.79 Å². The third kappa shape index (κ3) is 4.11. The van der Waals surface area contributed by atoms with Crippen molar-refractivity contribution in [3.05, 3.63) is 22.9 Å². The molecule has 0 aromatic carbocycles. The van der Waals surface area contributed by atoms with Gasteiger partial charge in [0.05, 0.1) is 22.5 Å². The van der Waals surface area contributed by atoms with Gasteiger partial charge in [-0.2, -0.15) is 0 Å². The maximum atomic E-state index is 12.9. The van der Waals surface area contributed by atoms with Gasteiger partial charge in [0.1, 0.15) is 0 Å². The van der Waals surface area contributed by atoms with E-state index in [0.717, 1.165) is 43.5 Å². The van der Waals surface area contributed by atoms with E-state index in [1.807, 2.05) is 0 Å². The van der Waals surface area contributed by atoms with Crippen molar-refractivity contribution in [1.82, 2.24) is 4.98 Å². The molecule has 1 aromatic heterocycles. The first-order valence-corrected chi connectivity index (χ1v) is 11.5. The van der Waals surface area contributed by atoms with Crippen LogP contribution < -0.4 is 0 Å². The first kappa shape index (κ1) is 19.5. The third-order valence-electron chi connectivity index (χ3n) is 6.78. The molecule has 0 spiro atoms. The largest absolute Gasteiger partial charge is 0.494 e. The lowest BCUT2D eigenvalue weighted by atomic mass is 9.88. The summed E-state index contributed by atoms with van der Waals surface area (Å²) >= 11 is 0. The molecule has 1 amide bonds. The van der Waals surface area contributed by atoms with Gasteiger partial charge in [0.15, 0.2) is 5.88 Å². The number of hydrogen-bond acceptors (Lipinski definition) is 2. The lowest BCUT2D eigenvalue weighted by Crippen LogP contribution is -2.14. The predicted octanol–water partition coefficient (Wildman–Crippen LogP) is 6.54. The van der Waals surface area contributed by atoms with Crippen molar-refractivity contribution in [2.75, 3.05) is 0 Å². The summed E-state index contributed by atoms with van der Waals surface area (Å²) < 4.78 is 0. The number of allylic oxidation sites excluding steroid dienone is 2. The summed E-state index contributed by atoms with van der Waals surface area (Å²) in [6.07, 6.45) is 20.2. The lowest BCUT2D eigenvalue weighted by Gasteiger charge is -2.16. The molecule has 1 aromatic rings. The summed E-state index contributed by atoms with van der Waals surface area (Å²) in [5, 5.41) is 10.7. The van der Waals surface area contributed by atoms with Crippen molar-refractivity contribution < 1.29 is 9.90 Å². The Morgan fingerprint density at radius 1 is 0.857 bits per heavy atom. The molecule has 0 unspecified atom stereocenters. The molecule has 0 bridgehead atoms. The van der Waals surface area contributed by atoms with Crippen molar-refractivity contribution >= 4 is 17.2 Å². The van der Waals surface area contributed by atoms with E-state index >= 15 is 0 Å². The van der Waals surface area contributed by atoms with Crippen LogP contribution in [0.1, 0.15) is 118 Å². The van der Waals surface area contributed by atoms with E-state index in [1.54, 1.807) is 0 Å². The summed E-state index contributed by atoms with van der Waals surface area (Å²) in [5.74, 6) is 0.291. The average molecular weight is 383 g/mol. The zero-order valence-corrected chi connectivity index (χ0v) is 17.1. The van der Waals surface area contributed by atoms with Crippen LogP contribution in [0.15, 0.2) is 11.1 Å². The van der Waals surface area contributed by atoms with Crippen LogP contribution in [0.3, 0.4) is 0 Å². The Kier molecular flexibility index (Phi) is 6.33. The van der Waals surface area contributed by atoms with Crippen LogP contribution in [-0.2, 0) is 0 Å². The summed E-state index contributed by atoms with van der Waals surface area (Å²) in [6, 6.07) is 0. The zero-order chi connectivity index (χ0) is 19.3. The number of aromatic amines is 1. The van der Waals surface area contributed by atoms with Crippen molar-refractivity contribution in [2.45, 2.75) is 96.3 Å². The highest BCUT2D eigenvalue weighted by Crippen LogP contribution is 2.40. The second kappa shape index (κ2) is 9.11. The zero-order valence-electron chi connectivity index (χ0n) is 17.1. The first-order valence-electron chi connectivity index (χ1n) is 11.5. The van der Waals surface area contributed by atoms with Crippen LogP contribution >= 0.6 is 0 Å². The Hall–Kier alpha value is -1.84. The van der Waals surface area contributed by atoms with Gasteiger partial charge in [-0.25, -0.2) is 4.99 Å². The number of rotatable bonds is 2.